The lowest BCUT2D eigenvalue weighted by Crippen LogP contribution is -2.11. The number of carbonyl (C=O) groups excluding carboxylic acids is 1. The molecule has 3 nitrogen and oxygen atoms in total. The fourth-order valence-electron chi connectivity index (χ4n) is 3.11. The Morgan fingerprint density at radius 1 is 0.708 bits per heavy atom. The molecule has 1 rings (SSSR count). The molecule has 1 fully saturated rings. The maximum Gasteiger partial charge on any atom is 0.207 e. The van der Waals surface area contributed by atoms with E-state index in [0.717, 1.165) is 19.4 Å². The smallest absolute Gasteiger partial charge is 0.207 e. The standard InChI is InChI=1S/C17H35NO.C4H9N/c1-2-3-4-5-6-7-8-9-10-11-12-13-14-15-16-18-17-19;1-2-4-5-3-1/h17H,2-16H2,1H3,(H,18,19);5H,1-4H2. The zero-order chi connectivity index (χ0) is 17.6. The number of rotatable bonds is 16. The van der Waals surface area contributed by atoms with Crippen LogP contribution in [0.1, 0.15) is 110 Å². The SMILES string of the molecule is C1CCNC1.CCCCCCCCCCCCCCCCNC=O. The van der Waals surface area contributed by atoms with Gasteiger partial charge in [-0.05, 0) is 32.4 Å². The van der Waals surface area contributed by atoms with E-state index in [4.69, 9.17) is 0 Å². The van der Waals surface area contributed by atoms with Gasteiger partial charge in [0.15, 0.2) is 0 Å². The van der Waals surface area contributed by atoms with Gasteiger partial charge >= 0.3 is 0 Å². The Morgan fingerprint density at radius 2 is 1.12 bits per heavy atom. The molecular weight excluding hydrogens is 296 g/mol. The summed E-state index contributed by atoms with van der Waals surface area (Å²) >= 11 is 0. The van der Waals surface area contributed by atoms with Crippen molar-refractivity contribution < 1.29 is 4.79 Å². The van der Waals surface area contributed by atoms with E-state index in [9.17, 15) is 4.79 Å². The first-order valence-electron chi connectivity index (χ1n) is 10.8. The summed E-state index contributed by atoms with van der Waals surface area (Å²) in [6.07, 6.45) is 22.9. The molecule has 0 aromatic rings. The second-order valence-corrected chi connectivity index (χ2v) is 7.13. The van der Waals surface area contributed by atoms with Gasteiger partial charge < -0.3 is 10.6 Å². The fraction of sp³-hybridized carbons (Fsp3) is 0.952. The van der Waals surface area contributed by atoms with Gasteiger partial charge in [0.1, 0.15) is 0 Å². The van der Waals surface area contributed by atoms with Crippen LogP contribution in [0.5, 0.6) is 0 Å². The summed E-state index contributed by atoms with van der Waals surface area (Å²) in [5.74, 6) is 0. The van der Waals surface area contributed by atoms with E-state index in [1.165, 1.54) is 109 Å². The molecule has 1 heterocycles. The van der Waals surface area contributed by atoms with E-state index >= 15 is 0 Å². The van der Waals surface area contributed by atoms with E-state index in [2.05, 4.69) is 17.6 Å². The van der Waals surface area contributed by atoms with Crippen LogP contribution >= 0.6 is 0 Å². The molecule has 1 saturated heterocycles. The van der Waals surface area contributed by atoms with E-state index < -0.39 is 0 Å². The first-order chi connectivity index (χ1) is 11.9. The summed E-state index contributed by atoms with van der Waals surface area (Å²) in [4.78, 5) is 10.0. The van der Waals surface area contributed by atoms with Crippen molar-refractivity contribution in [3.63, 3.8) is 0 Å². The Labute approximate surface area is 151 Å². The van der Waals surface area contributed by atoms with Crippen LogP contribution in [0.15, 0.2) is 0 Å². The lowest BCUT2D eigenvalue weighted by Gasteiger charge is -2.03. The minimum Gasteiger partial charge on any atom is -0.359 e. The molecule has 0 atom stereocenters. The van der Waals surface area contributed by atoms with Crippen LogP contribution in [-0.2, 0) is 4.79 Å². The predicted octanol–water partition coefficient (Wildman–Crippen LogP) is 5.58. The molecule has 1 aliphatic heterocycles. The number of nitrogens with one attached hydrogen (secondary N) is 2. The molecule has 0 radical (unpaired) electrons. The first-order valence-corrected chi connectivity index (χ1v) is 10.8. The zero-order valence-electron chi connectivity index (χ0n) is 16.4. The maximum atomic E-state index is 10.0. The first kappa shape index (κ1) is 23.4. The molecule has 3 heteroatoms. The van der Waals surface area contributed by atoms with Crippen LogP contribution in [0.4, 0.5) is 0 Å². The second kappa shape index (κ2) is 22.4. The number of amides is 1. The minimum absolute atomic E-state index is 0.794. The number of hydrogen-bond acceptors (Lipinski definition) is 2. The predicted molar refractivity (Wildman–Crippen MR) is 106 cm³/mol. The van der Waals surface area contributed by atoms with Crippen molar-refractivity contribution in [3.05, 3.63) is 0 Å². The lowest BCUT2D eigenvalue weighted by molar-refractivity contribution is -0.109. The van der Waals surface area contributed by atoms with Gasteiger partial charge in [0.2, 0.25) is 6.41 Å². The average Bonchev–Trinajstić information content (AvgIpc) is 3.18. The molecule has 0 saturated carbocycles. The van der Waals surface area contributed by atoms with Crippen molar-refractivity contribution >= 4 is 6.41 Å². The Morgan fingerprint density at radius 3 is 1.46 bits per heavy atom. The summed E-state index contributed by atoms with van der Waals surface area (Å²) in [6, 6.07) is 0. The number of unbranched alkanes of at least 4 members (excludes halogenated alkanes) is 13. The van der Waals surface area contributed by atoms with E-state index in [1.54, 1.807) is 0 Å². The van der Waals surface area contributed by atoms with Gasteiger partial charge in [-0.3, -0.25) is 4.79 Å². The highest BCUT2D eigenvalue weighted by molar-refractivity contribution is 5.45. The topological polar surface area (TPSA) is 41.1 Å². The Bertz CT molecular complexity index is 222. The minimum atomic E-state index is 0.794. The number of carbonyl (C=O) groups is 1. The van der Waals surface area contributed by atoms with Gasteiger partial charge in [-0.1, -0.05) is 90.4 Å². The molecule has 1 aliphatic rings. The molecule has 0 unspecified atom stereocenters. The fourth-order valence-corrected chi connectivity index (χ4v) is 3.11. The summed E-state index contributed by atoms with van der Waals surface area (Å²) in [5.41, 5.74) is 0. The molecule has 24 heavy (non-hydrogen) atoms. The van der Waals surface area contributed by atoms with Gasteiger partial charge in [0, 0.05) is 6.54 Å². The van der Waals surface area contributed by atoms with Crippen molar-refractivity contribution in [1.29, 1.82) is 0 Å². The van der Waals surface area contributed by atoms with Gasteiger partial charge in [0.25, 0.3) is 0 Å². The van der Waals surface area contributed by atoms with Crippen molar-refractivity contribution in [3.8, 4) is 0 Å². The van der Waals surface area contributed by atoms with Gasteiger partial charge in [-0.15, -0.1) is 0 Å². The Hall–Kier alpha value is -0.570. The highest BCUT2D eigenvalue weighted by Crippen LogP contribution is 2.12. The van der Waals surface area contributed by atoms with E-state index in [-0.39, 0.29) is 0 Å². The largest absolute Gasteiger partial charge is 0.359 e. The van der Waals surface area contributed by atoms with Crippen LogP contribution in [-0.4, -0.2) is 26.0 Å². The average molecular weight is 341 g/mol. The monoisotopic (exact) mass is 340 g/mol. The summed E-state index contributed by atoms with van der Waals surface area (Å²) in [6.45, 7) is 5.63. The molecule has 0 bridgehead atoms. The molecular formula is C21H44N2O. The normalized spacial score (nSPS) is 13.4. The van der Waals surface area contributed by atoms with Crippen molar-refractivity contribution in [2.24, 2.45) is 0 Å². The number of hydrogen-bond donors (Lipinski definition) is 2. The second-order valence-electron chi connectivity index (χ2n) is 7.13. The molecule has 0 aliphatic carbocycles. The molecule has 0 spiro atoms. The van der Waals surface area contributed by atoms with Gasteiger partial charge in [0.05, 0.1) is 0 Å². The van der Waals surface area contributed by atoms with Crippen LogP contribution in [0, 0.1) is 0 Å². The third kappa shape index (κ3) is 21.4. The molecule has 0 aromatic heterocycles. The van der Waals surface area contributed by atoms with E-state index in [1.807, 2.05) is 0 Å². The molecule has 2 N–H and O–H groups in total. The van der Waals surface area contributed by atoms with Gasteiger partial charge in [-0.2, -0.15) is 0 Å². The Kier molecular flexibility index (Phi) is 21.9. The summed E-state index contributed by atoms with van der Waals surface area (Å²) in [7, 11) is 0. The van der Waals surface area contributed by atoms with Crippen molar-refractivity contribution in [2.75, 3.05) is 19.6 Å². The zero-order valence-corrected chi connectivity index (χ0v) is 16.4. The summed E-state index contributed by atoms with van der Waals surface area (Å²) in [5, 5.41) is 5.93. The van der Waals surface area contributed by atoms with E-state index in [0.29, 0.717) is 0 Å². The molecule has 0 aromatic carbocycles. The van der Waals surface area contributed by atoms with Crippen LogP contribution < -0.4 is 10.6 Å². The van der Waals surface area contributed by atoms with Crippen LogP contribution in [0.2, 0.25) is 0 Å². The van der Waals surface area contributed by atoms with Crippen molar-refractivity contribution in [2.45, 2.75) is 110 Å². The highest BCUT2D eigenvalue weighted by atomic mass is 16.1. The Balaban J connectivity index is 0.000000889. The molecule has 144 valence electrons. The van der Waals surface area contributed by atoms with Crippen LogP contribution in [0.3, 0.4) is 0 Å². The quantitative estimate of drug-likeness (QED) is 0.284. The lowest BCUT2D eigenvalue weighted by atomic mass is 10.0. The van der Waals surface area contributed by atoms with Gasteiger partial charge in [-0.25, -0.2) is 0 Å². The van der Waals surface area contributed by atoms with Crippen molar-refractivity contribution in [1.82, 2.24) is 10.6 Å². The highest BCUT2D eigenvalue weighted by Gasteiger charge is 1.94. The summed E-state index contributed by atoms with van der Waals surface area (Å²) < 4.78 is 0. The maximum absolute atomic E-state index is 10.0. The van der Waals surface area contributed by atoms with Crippen LogP contribution in [0.25, 0.3) is 0 Å². The third-order valence-electron chi connectivity index (χ3n) is 4.72. The third-order valence-corrected chi connectivity index (χ3v) is 4.72. The molecule has 1 amide bonds.